The van der Waals surface area contributed by atoms with Crippen molar-refractivity contribution in [1.29, 1.82) is 0 Å². The molecule has 0 spiro atoms. The van der Waals surface area contributed by atoms with Crippen molar-refractivity contribution in [3.8, 4) is 0 Å². The second kappa shape index (κ2) is 12.7. The van der Waals surface area contributed by atoms with E-state index in [4.69, 9.17) is 21.3 Å². The fraction of sp³-hybridized carbons (Fsp3) is 0.611. The van der Waals surface area contributed by atoms with Crippen LogP contribution in [0.15, 0.2) is 29.3 Å². The van der Waals surface area contributed by atoms with Crippen LogP contribution in [0.1, 0.15) is 31.9 Å². The van der Waals surface area contributed by atoms with Crippen LogP contribution in [0.3, 0.4) is 0 Å². The minimum Gasteiger partial charge on any atom is -0.379 e. The maximum atomic E-state index is 6.05. The van der Waals surface area contributed by atoms with E-state index in [9.17, 15) is 0 Å². The van der Waals surface area contributed by atoms with Crippen LogP contribution in [0.25, 0.3) is 0 Å². The predicted octanol–water partition coefficient (Wildman–Crippen LogP) is 3.30. The Morgan fingerprint density at radius 2 is 1.88 bits per heavy atom. The molecule has 5 nitrogen and oxygen atoms in total. The highest BCUT2D eigenvalue weighted by Gasteiger charge is 2.22. The molecule has 2 N–H and O–H groups in total. The molecule has 0 aliphatic carbocycles. The molecule has 0 bridgehead atoms. The summed E-state index contributed by atoms with van der Waals surface area (Å²) < 4.78 is 5.50. The summed E-state index contributed by atoms with van der Waals surface area (Å²) in [5.41, 5.74) is 1.25. The number of aliphatic imine (C=N–C) groups is 1. The zero-order valence-electron chi connectivity index (χ0n) is 15.1. The van der Waals surface area contributed by atoms with Gasteiger partial charge in [0.25, 0.3) is 0 Å². The summed E-state index contributed by atoms with van der Waals surface area (Å²) in [6.45, 7) is 10.2. The Balaban J connectivity index is 0.00000312. The monoisotopic (exact) mass is 480 g/mol. The number of hydrogen-bond acceptors (Lipinski definition) is 3. The van der Waals surface area contributed by atoms with Crippen LogP contribution < -0.4 is 10.6 Å². The molecule has 1 fully saturated rings. The van der Waals surface area contributed by atoms with Crippen LogP contribution in [0.4, 0.5) is 0 Å². The van der Waals surface area contributed by atoms with Gasteiger partial charge in [0.05, 0.1) is 25.8 Å². The van der Waals surface area contributed by atoms with Crippen molar-refractivity contribution in [1.82, 2.24) is 15.5 Å². The van der Waals surface area contributed by atoms with E-state index in [0.717, 1.165) is 56.8 Å². The molecule has 1 heterocycles. The molecule has 1 atom stereocenters. The molecule has 0 saturated carbocycles. The first-order valence-electron chi connectivity index (χ1n) is 8.84. The van der Waals surface area contributed by atoms with Gasteiger partial charge in [0.15, 0.2) is 5.96 Å². The van der Waals surface area contributed by atoms with Crippen molar-refractivity contribution in [2.75, 3.05) is 45.9 Å². The van der Waals surface area contributed by atoms with E-state index in [2.05, 4.69) is 41.5 Å². The summed E-state index contributed by atoms with van der Waals surface area (Å²) in [5, 5.41) is 7.44. The number of rotatable bonds is 7. The molecule has 142 valence electrons. The van der Waals surface area contributed by atoms with Crippen LogP contribution in [0.2, 0.25) is 5.02 Å². The highest BCUT2D eigenvalue weighted by atomic mass is 127. The molecule has 25 heavy (non-hydrogen) atoms. The molecule has 7 heteroatoms. The van der Waals surface area contributed by atoms with E-state index >= 15 is 0 Å². The van der Waals surface area contributed by atoms with Gasteiger partial charge in [-0.2, -0.15) is 0 Å². The number of nitrogens with one attached hydrogen (secondary N) is 2. The molecule has 2 rings (SSSR count). The Bertz CT molecular complexity index is 506. The summed E-state index contributed by atoms with van der Waals surface area (Å²) in [6, 6.07) is 8.35. The molecule has 1 unspecified atom stereocenters. The van der Waals surface area contributed by atoms with Crippen LogP contribution in [-0.2, 0) is 4.74 Å². The maximum absolute atomic E-state index is 6.05. The topological polar surface area (TPSA) is 48.9 Å². The van der Waals surface area contributed by atoms with Crippen LogP contribution in [-0.4, -0.2) is 56.8 Å². The highest BCUT2D eigenvalue weighted by molar-refractivity contribution is 14.0. The van der Waals surface area contributed by atoms with E-state index in [1.165, 1.54) is 5.56 Å². The quantitative estimate of drug-likeness (QED) is 0.357. The zero-order valence-corrected chi connectivity index (χ0v) is 18.2. The number of halogens is 2. The molecular formula is C18H30ClIN4O. The highest BCUT2D eigenvalue weighted by Crippen LogP contribution is 2.24. The smallest absolute Gasteiger partial charge is 0.191 e. The van der Waals surface area contributed by atoms with Crippen molar-refractivity contribution < 1.29 is 4.74 Å². The minimum atomic E-state index is 0. The second-order valence-corrected chi connectivity index (χ2v) is 6.30. The van der Waals surface area contributed by atoms with Gasteiger partial charge in [-0.15, -0.1) is 24.0 Å². The summed E-state index contributed by atoms with van der Waals surface area (Å²) in [6.07, 6.45) is 1.08. The molecule has 1 aliphatic rings. The Hall–Kier alpha value is -0.570. The van der Waals surface area contributed by atoms with E-state index < -0.39 is 0 Å². The molecule has 1 saturated heterocycles. The third kappa shape index (κ3) is 7.68. The third-order valence-corrected chi connectivity index (χ3v) is 4.30. The maximum Gasteiger partial charge on any atom is 0.191 e. The average molecular weight is 481 g/mol. The molecule has 1 aromatic rings. The number of morpholine rings is 1. The van der Waals surface area contributed by atoms with E-state index in [-0.39, 0.29) is 30.0 Å². The fourth-order valence-corrected chi connectivity index (χ4v) is 2.89. The van der Waals surface area contributed by atoms with Crippen LogP contribution >= 0.6 is 35.6 Å². The minimum absolute atomic E-state index is 0. The Labute approximate surface area is 173 Å². The normalized spacial score (nSPS) is 16.8. The Morgan fingerprint density at radius 1 is 1.20 bits per heavy atom. The lowest BCUT2D eigenvalue weighted by Gasteiger charge is -2.34. The SMILES string of the molecule is CCCNC(=NCC(c1ccc(Cl)cc1)N1CCOCC1)NCC.I. The van der Waals surface area contributed by atoms with Gasteiger partial charge in [-0.05, 0) is 31.0 Å². The zero-order chi connectivity index (χ0) is 17.2. The molecular weight excluding hydrogens is 451 g/mol. The number of benzene rings is 1. The third-order valence-electron chi connectivity index (χ3n) is 4.05. The predicted molar refractivity (Wildman–Crippen MR) is 116 cm³/mol. The van der Waals surface area contributed by atoms with Crippen molar-refractivity contribution in [3.63, 3.8) is 0 Å². The van der Waals surface area contributed by atoms with Crippen molar-refractivity contribution in [2.24, 2.45) is 4.99 Å². The fourth-order valence-electron chi connectivity index (χ4n) is 2.77. The van der Waals surface area contributed by atoms with Crippen molar-refractivity contribution >= 4 is 41.5 Å². The first kappa shape index (κ1) is 22.5. The summed E-state index contributed by atoms with van der Waals surface area (Å²) in [4.78, 5) is 7.25. The Morgan fingerprint density at radius 3 is 2.48 bits per heavy atom. The number of nitrogens with zero attached hydrogens (tertiary/aromatic N) is 2. The summed E-state index contributed by atoms with van der Waals surface area (Å²) in [5.74, 6) is 0.881. The molecule has 0 radical (unpaired) electrons. The van der Waals surface area contributed by atoms with Gasteiger partial charge in [0.1, 0.15) is 0 Å². The van der Waals surface area contributed by atoms with Gasteiger partial charge in [-0.25, -0.2) is 0 Å². The van der Waals surface area contributed by atoms with Crippen LogP contribution in [0, 0.1) is 0 Å². The lowest BCUT2D eigenvalue weighted by atomic mass is 10.0. The number of guanidine groups is 1. The lowest BCUT2D eigenvalue weighted by molar-refractivity contribution is 0.0180. The van der Waals surface area contributed by atoms with E-state index in [1.54, 1.807) is 0 Å². The molecule has 0 aromatic heterocycles. The molecule has 0 amide bonds. The van der Waals surface area contributed by atoms with Gasteiger partial charge in [0, 0.05) is 31.2 Å². The van der Waals surface area contributed by atoms with Gasteiger partial charge in [-0.1, -0.05) is 30.7 Å². The van der Waals surface area contributed by atoms with Crippen LogP contribution in [0.5, 0.6) is 0 Å². The first-order chi connectivity index (χ1) is 11.7. The summed E-state index contributed by atoms with van der Waals surface area (Å²) in [7, 11) is 0. The number of ether oxygens (including phenoxy) is 1. The van der Waals surface area contributed by atoms with Gasteiger partial charge >= 0.3 is 0 Å². The van der Waals surface area contributed by atoms with Crippen molar-refractivity contribution in [3.05, 3.63) is 34.9 Å². The van der Waals surface area contributed by atoms with Crippen molar-refractivity contribution in [2.45, 2.75) is 26.3 Å². The van der Waals surface area contributed by atoms with E-state index in [0.29, 0.717) is 6.54 Å². The second-order valence-electron chi connectivity index (χ2n) is 5.86. The standard InChI is InChI=1S/C18H29ClN4O.HI/c1-3-9-21-18(20-4-2)22-14-17(23-10-12-24-13-11-23)15-5-7-16(19)8-6-15;/h5-8,17H,3-4,9-14H2,1-2H3,(H2,20,21,22);1H. The van der Waals surface area contributed by atoms with E-state index in [1.807, 2.05) is 12.1 Å². The summed E-state index contributed by atoms with van der Waals surface area (Å²) >= 11 is 6.05. The molecule has 1 aliphatic heterocycles. The van der Waals surface area contributed by atoms with Gasteiger partial charge < -0.3 is 15.4 Å². The Kier molecular flexibility index (Phi) is 11.4. The largest absolute Gasteiger partial charge is 0.379 e. The molecule has 1 aromatic carbocycles. The van der Waals surface area contributed by atoms with Gasteiger partial charge in [0.2, 0.25) is 0 Å². The first-order valence-corrected chi connectivity index (χ1v) is 9.21. The number of hydrogen-bond donors (Lipinski definition) is 2. The van der Waals surface area contributed by atoms with Gasteiger partial charge in [-0.3, -0.25) is 9.89 Å². The lowest BCUT2D eigenvalue weighted by Crippen LogP contribution is -2.42. The average Bonchev–Trinajstić information content (AvgIpc) is 2.62.